The molecule has 0 saturated heterocycles. The number of ether oxygens (including phenoxy) is 1. The standard InChI is InChI=1S/C5H8O2.C2H5ClO/c1-3-5(6)7-4-2;1-2-4-3/h3H,1,4H2,2H3;2H2,1H3. The van der Waals surface area contributed by atoms with Gasteiger partial charge in [0.2, 0.25) is 0 Å². The molecule has 0 aliphatic carbocycles. The van der Waals surface area contributed by atoms with Crippen molar-refractivity contribution in [2.24, 2.45) is 0 Å². The minimum absolute atomic E-state index is 0.359. The molecule has 0 aliphatic rings. The van der Waals surface area contributed by atoms with Gasteiger partial charge in [0.15, 0.2) is 0 Å². The normalized spacial score (nSPS) is 7.55. The van der Waals surface area contributed by atoms with Crippen LogP contribution in [0, 0.1) is 0 Å². The zero-order chi connectivity index (χ0) is 9.11. The lowest BCUT2D eigenvalue weighted by molar-refractivity contribution is -0.137. The fourth-order valence-corrected chi connectivity index (χ4v) is 0.201. The average molecular weight is 181 g/mol. The Morgan fingerprint density at radius 2 is 2.00 bits per heavy atom. The number of halogens is 1. The summed E-state index contributed by atoms with van der Waals surface area (Å²) in [6, 6.07) is 0. The van der Waals surface area contributed by atoms with Crippen LogP contribution >= 0.6 is 11.9 Å². The fourth-order valence-electron chi connectivity index (χ4n) is 0.201. The zero-order valence-corrected chi connectivity index (χ0v) is 7.56. The molecular formula is C7H13ClO3. The van der Waals surface area contributed by atoms with Gasteiger partial charge in [-0.2, -0.15) is 0 Å². The highest BCUT2D eigenvalue weighted by atomic mass is 35.5. The van der Waals surface area contributed by atoms with Crippen molar-refractivity contribution in [2.75, 3.05) is 13.2 Å². The number of hydrogen-bond acceptors (Lipinski definition) is 3. The predicted molar refractivity (Wildman–Crippen MR) is 44.3 cm³/mol. The van der Waals surface area contributed by atoms with E-state index in [4.69, 9.17) is 0 Å². The van der Waals surface area contributed by atoms with Crippen molar-refractivity contribution < 1.29 is 13.8 Å². The molecule has 0 spiro atoms. The number of rotatable bonds is 3. The summed E-state index contributed by atoms with van der Waals surface area (Å²) in [6.07, 6.45) is 1.14. The van der Waals surface area contributed by atoms with Crippen LogP contribution in [0.2, 0.25) is 0 Å². The molecule has 0 fully saturated rings. The SMILES string of the molecule is C=CC(=O)OCC.CCOCl. The van der Waals surface area contributed by atoms with Gasteiger partial charge in [-0.25, -0.2) is 4.79 Å². The second-order valence-corrected chi connectivity index (χ2v) is 1.57. The topological polar surface area (TPSA) is 35.5 Å². The van der Waals surface area contributed by atoms with Crippen LogP contribution in [0.1, 0.15) is 13.8 Å². The predicted octanol–water partition coefficient (Wildman–Crippen LogP) is 1.91. The molecule has 0 aromatic carbocycles. The highest BCUT2D eigenvalue weighted by Crippen LogP contribution is 1.74. The van der Waals surface area contributed by atoms with E-state index in [0.29, 0.717) is 13.2 Å². The molecule has 4 heteroatoms. The quantitative estimate of drug-likeness (QED) is 0.492. The zero-order valence-electron chi connectivity index (χ0n) is 6.80. The van der Waals surface area contributed by atoms with Crippen molar-refractivity contribution >= 4 is 17.8 Å². The molecule has 0 bridgehead atoms. The summed E-state index contributed by atoms with van der Waals surface area (Å²) in [5, 5.41) is 0. The van der Waals surface area contributed by atoms with Crippen molar-refractivity contribution in [1.82, 2.24) is 0 Å². The van der Waals surface area contributed by atoms with Crippen LogP contribution in [-0.4, -0.2) is 19.2 Å². The second-order valence-electron chi connectivity index (χ2n) is 1.35. The largest absolute Gasteiger partial charge is 0.463 e. The van der Waals surface area contributed by atoms with Crippen LogP contribution in [0.25, 0.3) is 0 Å². The lowest BCUT2D eigenvalue weighted by Gasteiger charge is -1.90. The molecule has 0 rings (SSSR count). The molecule has 0 atom stereocenters. The van der Waals surface area contributed by atoms with Crippen LogP contribution in [0.3, 0.4) is 0 Å². The molecule has 0 amide bonds. The highest BCUT2D eigenvalue weighted by Gasteiger charge is 1.86. The van der Waals surface area contributed by atoms with Gasteiger partial charge in [0, 0.05) is 6.08 Å². The second kappa shape index (κ2) is 12.2. The third-order valence-electron chi connectivity index (χ3n) is 0.562. The minimum atomic E-state index is -0.359. The van der Waals surface area contributed by atoms with E-state index in [-0.39, 0.29) is 5.97 Å². The molecule has 0 aromatic heterocycles. The van der Waals surface area contributed by atoms with E-state index in [1.54, 1.807) is 6.92 Å². The first kappa shape index (κ1) is 13.1. The van der Waals surface area contributed by atoms with Crippen LogP contribution in [0.5, 0.6) is 0 Å². The van der Waals surface area contributed by atoms with Gasteiger partial charge >= 0.3 is 5.97 Å². The Hall–Kier alpha value is -0.540. The van der Waals surface area contributed by atoms with Gasteiger partial charge in [0.05, 0.1) is 25.1 Å². The third kappa shape index (κ3) is 17.7. The average Bonchev–Trinajstić information content (AvgIpc) is 2.05. The summed E-state index contributed by atoms with van der Waals surface area (Å²) in [6.45, 7) is 7.79. The maximum absolute atomic E-state index is 10.1. The number of carbonyl (C=O) groups is 1. The van der Waals surface area contributed by atoms with E-state index in [9.17, 15) is 4.79 Å². The van der Waals surface area contributed by atoms with Gasteiger partial charge in [-0.1, -0.05) is 6.58 Å². The molecule has 0 heterocycles. The molecule has 0 aliphatic heterocycles. The summed E-state index contributed by atoms with van der Waals surface area (Å²) in [7, 11) is 0. The van der Waals surface area contributed by atoms with Crippen molar-refractivity contribution in [2.45, 2.75) is 13.8 Å². The Balaban J connectivity index is 0. The molecule has 0 unspecified atom stereocenters. The van der Waals surface area contributed by atoms with E-state index in [2.05, 4.69) is 27.5 Å². The van der Waals surface area contributed by atoms with Crippen molar-refractivity contribution in [3.8, 4) is 0 Å². The molecule has 66 valence electrons. The maximum Gasteiger partial charge on any atom is 0.330 e. The van der Waals surface area contributed by atoms with Gasteiger partial charge < -0.3 is 4.74 Å². The Morgan fingerprint density at radius 1 is 1.55 bits per heavy atom. The van der Waals surface area contributed by atoms with Gasteiger partial charge in [0.1, 0.15) is 0 Å². The Labute approximate surface area is 72.1 Å². The minimum Gasteiger partial charge on any atom is -0.463 e. The first-order valence-electron chi connectivity index (χ1n) is 3.25. The van der Waals surface area contributed by atoms with Gasteiger partial charge in [-0.15, -0.1) is 0 Å². The number of hydrogen-bond donors (Lipinski definition) is 0. The molecule has 0 N–H and O–H groups in total. The van der Waals surface area contributed by atoms with Crippen molar-refractivity contribution in [1.29, 1.82) is 0 Å². The Kier molecular flexibility index (Phi) is 14.5. The van der Waals surface area contributed by atoms with Crippen LogP contribution in [-0.2, 0) is 13.8 Å². The molecule has 3 nitrogen and oxygen atoms in total. The number of esters is 1. The first-order chi connectivity index (χ1) is 5.22. The Morgan fingerprint density at radius 3 is 2.09 bits per heavy atom. The molecular weight excluding hydrogens is 168 g/mol. The Bertz CT molecular complexity index is 102. The highest BCUT2D eigenvalue weighted by molar-refractivity contribution is 6.07. The molecule has 0 aromatic rings. The van der Waals surface area contributed by atoms with E-state index in [1.165, 1.54) is 0 Å². The van der Waals surface area contributed by atoms with Crippen LogP contribution in [0.4, 0.5) is 0 Å². The summed E-state index contributed by atoms with van der Waals surface area (Å²) in [5.74, 6) is -0.359. The van der Waals surface area contributed by atoms with Gasteiger partial charge in [0.25, 0.3) is 0 Å². The summed E-state index contributed by atoms with van der Waals surface area (Å²) in [5.41, 5.74) is 0. The van der Waals surface area contributed by atoms with Crippen LogP contribution in [0.15, 0.2) is 12.7 Å². The maximum atomic E-state index is 10.1. The van der Waals surface area contributed by atoms with Gasteiger partial charge in [-0.3, -0.25) is 4.29 Å². The lowest BCUT2D eigenvalue weighted by atomic mass is 10.6. The molecule has 11 heavy (non-hydrogen) atoms. The van der Waals surface area contributed by atoms with E-state index in [0.717, 1.165) is 6.08 Å². The van der Waals surface area contributed by atoms with E-state index in [1.807, 2.05) is 6.92 Å². The first-order valence-corrected chi connectivity index (χ1v) is 3.56. The summed E-state index contributed by atoms with van der Waals surface area (Å²) in [4.78, 5) is 10.1. The summed E-state index contributed by atoms with van der Waals surface area (Å²) >= 11 is 4.69. The number of carbonyl (C=O) groups excluding carboxylic acids is 1. The lowest BCUT2D eigenvalue weighted by Crippen LogP contribution is -1.97. The van der Waals surface area contributed by atoms with E-state index < -0.39 is 0 Å². The summed E-state index contributed by atoms with van der Waals surface area (Å²) < 4.78 is 8.45. The molecule has 0 saturated carbocycles. The van der Waals surface area contributed by atoms with Crippen molar-refractivity contribution in [3.05, 3.63) is 12.7 Å². The van der Waals surface area contributed by atoms with E-state index >= 15 is 0 Å². The van der Waals surface area contributed by atoms with Gasteiger partial charge in [-0.05, 0) is 13.8 Å². The molecule has 0 radical (unpaired) electrons. The van der Waals surface area contributed by atoms with Crippen molar-refractivity contribution in [3.63, 3.8) is 0 Å². The monoisotopic (exact) mass is 180 g/mol. The fraction of sp³-hybridized carbons (Fsp3) is 0.571. The van der Waals surface area contributed by atoms with Crippen LogP contribution < -0.4 is 0 Å². The smallest absolute Gasteiger partial charge is 0.330 e. The third-order valence-corrected chi connectivity index (χ3v) is 0.781.